The first kappa shape index (κ1) is 16.8. The Hall–Kier alpha value is -1.68. The van der Waals surface area contributed by atoms with Crippen molar-refractivity contribution in [1.82, 2.24) is 0 Å². The van der Waals surface area contributed by atoms with E-state index in [9.17, 15) is 9.59 Å². The van der Waals surface area contributed by atoms with E-state index in [1.807, 2.05) is 24.3 Å². The Morgan fingerprint density at radius 2 is 1.64 bits per heavy atom. The number of ketones is 2. The van der Waals surface area contributed by atoms with Crippen LogP contribution < -0.4 is 0 Å². The number of benzene rings is 1. The molecule has 0 bridgehead atoms. The molecule has 0 radical (unpaired) electrons. The zero-order valence-corrected chi connectivity index (χ0v) is 16.1. The van der Waals surface area contributed by atoms with E-state index in [2.05, 4.69) is 29.8 Å². The fourth-order valence-corrected chi connectivity index (χ4v) is 4.50. The number of hydrogen-bond acceptors (Lipinski definition) is 3. The van der Waals surface area contributed by atoms with Crippen molar-refractivity contribution in [2.24, 2.45) is 5.41 Å². The Morgan fingerprint density at radius 3 is 2.36 bits per heavy atom. The van der Waals surface area contributed by atoms with Crippen LogP contribution in [0.4, 0.5) is 0 Å². The number of rotatable bonds is 1. The van der Waals surface area contributed by atoms with E-state index in [1.54, 1.807) is 0 Å². The molecule has 0 fully saturated rings. The van der Waals surface area contributed by atoms with Crippen LogP contribution in [0.5, 0.6) is 0 Å². The molecule has 3 aliphatic rings. The van der Waals surface area contributed by atoms with Crippen LogP contribution in [0.1, 0.15) is 57.4 Å². The second kappa shape index (κ2) is 5.94. The summed E-state index contributed by atoms with van der Waals surface area (Å²) in [6, 6.07) is 7.94. The third-order valence-corrected chi connectivity index (χ3v) is 5.84. The molecule has 1 unspecified atom stereocenters. The molecule has 2 aliphatic carbocycles. The van der Waals surface area contributed by atoms with Gasteiger partial charge < -0.3 is 4.74 Å². The van der Waals surface area contributed by atoms with Crippen molar-refractivity contribution in [1.29, 1.82) is 0 Å². The summed E-state index contributed by atoms with van der Waals surface area (Å²) < 4.78 is 7.14. The molecule has 0 saturated heterocycles. The van der Waals surface area contributed by atoms with Crippen LogP contribution in [0.3, 0.4) is 0 Å². The molecular formula is C21H21BrO3. The van der Waals surface area contributed by atoms with E-state index < -0.39 is 0 Å². The van der Waals surface area contributed by atoms with Crippen molar-refractivity contribution in [3.05, 3.63) is 57.0 Å². The van der Waals surface area contributed by atoms with E-state index in [-0.39, 0.29) is 22.9 Å². The first-order valence-electron chi connectivity index (χ1n) is 8.81. The molecule has 1 aliphatic heterocycles. The summed E-state index contributed by atoms with van der Waals surface area (Å²) in [5.74, 6) is 1.53. The fourth-order valence-electron chi connectivity index (χ4n) is 4.23. The van der Waals surface area contributed by atoms with Gasteiger partial charge in [0, 0.05) is 47.2 Å². The Kier molecular flexibility index (Phi) is 3.99. The molecule has 0 spiro atoms. The predicted octanol–water partition coefficient (Wildman–Crippen LogP) is 5.21. The highest BCUT2D eigenvalue weighted by molar-refractivity contribution is 9.10. The van der Waals surface area contributed by atoms with Crippen molar-refractivity contribution < 1.29 is 14.3 Å². The molecule has 0 aromatic heterocycles. The largest absolute Gasteiger partial charge is 0.465 e. The molecule has 4 rings (SSSR count). The van der Waals surface area contributed by atoms with Crippen LogP contribution in [-0.2, 0) is 14.3 Å². The average Bonchev–Trinajstić information content (AvgIpc) is 2.53. The van der Waals surface area contributed by atoms with E-state index in [0.29, 0.717) is 24.0 Å². The first-order valence-corrected chi connectivity index (χ1v) is 9.61. The van der Waals surface area contributed by atoms with Gasteiger partial charge in [-0.3, -0.25) is 9.59 Å². The topological polar surface area (TPSA) is 43.4 Å². The molecule has 1 heterocycles. The maximum atomic E-state index is 13.0. The van der Waals surface area contributed by atoms with Gasteiger partial charge in [-0.2, -0.15) is 0 Å². The minimum absolute atomic E-state index is 0.100. The van der Waals surface area contributed by atoms with Crippen LogP contribution in [-0.4, -0.2) is 11.6 Å². The lowest BCUT2D eigenvalue weighted by Crippen LogP contribution is -2.34. The van der Waals surface area contributed by atoms with Gasteiger partial charge in [-0.1, -0.05) is 41.9 Å². The van der Waals surface area contributed by atoms with Crippen molar-refractivity contribution in [2.75, 3.05) is 0 Å². The van der Waals surface area contributed by atoms with Gasteiger partial charge in [-0.15, -0.1) is 0 Å². The van der Waals surface area contributed by atoms with Gasteiger partial charge in [0.25, 0.3) is 0 Å². The summed E-state index contributed by atoms with van der Waals surface area (Å²) in [6.07, 6.45) is 3.38. The summed E-state index contributed by atoms with van der Waals surface area (Å²) in [5, 5.41) is 0. The van der Waals surface area contributed by atoms with Crippen molar-refractivity contribution in [2.45, 2.75) is 51.9 Å². The number of carbonyl (C=O) groups excluding carboxylic acids is 2. The maximum absolute atomic E-state index is 13.0. The van der Waals surface area contributed by atoms with E-state index >= 15 is 0 Å². The molecule has 1 aromatic rings. The minimum atomic E-state index is -0.275. The van der Waals surface area contributed by atoms with Gasteiger partial charge in [0.15, 0.2) is 11.6 Å². The van der Waals surface area contributed by atoms with Crippen LogP contribution in [0.25, 0.3) is 0 Å². The summed E-state index contributed by atoms with van der Waals surface area (Å²) in [7, 11) is 0. The molecule has 0 amide bonds. The smallest absolute Gasteiger partial charge is 0.163 e. The van der Waals surface area contributed by atoms with Crippen LogP contribution in [0, 0.1) is 5.41 Å². The molecule has 130 valence electrons. The zero-order valence-electron chi connectivity index (χ0n) is 14.5. The molecule has 3 nitrogen and oxygen atoms in total. The fraction of sp³-hybridized carbons (Fsp3) is 0.429. The molecule has 4 heteroatoms. The molecule has 0 saturated carbocycles. The highest BCUT2D eigenvalue weighted by atomic mass is 79.9. The quantitative estimate of drug-likeness (QED) is 0.649. The maximum Gasteiger partial charge on any atom is 0.163 e. The highest BCUT2D eigenvalue weighted by Gasteiger charge is 2.45. The number of ether oxygens (including phenoxy) is 1. The normalized spacial score (nSPS) is 25.5. The van der Waals surface area contributed by atoms with E-state index in [1.165, 1.54) is 0 Å². The Labute approximate surface area is 156 Å². The van der Waals surface area contributed by atoms with Gasteiger partial charge in [0.2, 0.25) is 0 Å². The summed E-state index contributed by atoms with van der Waals surface area (Å²) in [4.78, 5) is 25.7. The van der Waals surface area contributed by atoms with Crippen LogP contribution in [0.2, 0.25) is 0 Å². The second-order valence-electron chi connectivity index (χ2n) is 7.98. The monoisotopic (exact) mass is 400 g/mol. The summed E-state index contributed by atoms with van der Waals surface area (Å²) in [6.45, 7) is 4.20. The van der Waals surface area contributed by atoms with Crippen molar-refractivity contribution in [3.8, 4) is 0 Å². The Bertz CT molecular complexity index is 827. The minimum Gasteiger partial charge on any atom is -0.465 e. The number of carbonyl (C=O) groups is 2. The number of allylic oxidation sites excluding steroid dienone is 4. The molecular weight excluding hydrogens is 380 g/mol. The van der Waals surface area contributed by atoms with Crippen molar-refractivity contribution >= 4 is 27.5 Å². The molecule has 25 heavy (non-hydrogen) atoms. The lowest BCUT2D eigenvalue weighted by atomic mass is 9.68. The van der Waals surface area contributed by atoms with Gasteiger partial charge >= 0.3 is 0 Å². The predicted molar refractivity (Wildman–Crippen MR) is 98.9 cm³/mol. The third-order valence-electron chi connectivity index (χ3n) is 5.31. The van der Waals surface area contributed by atoms with Gasteiger partial charge in [0.05, 0.1) is 0 Å². The third kappa shape index (κ3) is 2.91. The average molecular weight is 401 g/mol. The van der Waals surface area contributed by atoms with E-state index in [0.717, 1.165) is 40.8 Å². The number of hydrogen-bond donors (Lipinski definition) is 0. The number of Topliss-reactive ketones (excluding diaryl/α,β-unsaturated/α-hetero) is 2. The van der Waals surface area contributed by atoms with Gasteiger partial charge in [-0.05, 0) is 29.5 Å². The summed E-state index contributed by atoms with van der Waals surface area (Å²) in [5.41, 5.74) is 2.31. The molecule has 1 atom stereocenters. The van der Waals surface area contributed by atoms with E-state index in [4.69, 9.17) is 4.74 Å². The number of halogens is 1. The highest BCUT2D eigenvalue weighted by Crippen LogP contribution is 2.50. The molecule has 1 aromatic carbocycles. The summed E-state index contributed by atoms with van der Waals surface area (Å²) >= 11 is 3.46. The SMILES string of the molecule is CC1(C)CC(=O)C2=C(C1)OC1=C(C(=O)CCC1)C2c1ccc(Br)cc1. The van der Waals surface area contributed by atoms with Crippen LogP contribution >= 0.6 is 15.9 Å². The van der Waals surface area contributed by atoms with Crippen molar-refractivity contribution in [3.63, 3.8) is 0 Å². The first-order chi connectivity index (χ1) is 11.9. The standard InChI is InChI=1S/C21H21BrO3/c1-21(2)10-15(24)20-17(11-21)25-16-5-3-4-14(23)19(16)18(20)12-6-8-13(22)9-7-12/h6-9,18H,3-5,10-11H2,1-2H3. The van der Waals surface area contributed by atoms with Crippen LogP contribution in [0.15, 0.2) is 51.4 Å². The second-order valence-corrected chi connectivity index (χ2v) is 8.89. The lowest BCUT2D eigenvalue weighted by molar-refractivity contribution is -0.119. The van der Waals surface area contributed by atoms with Gasteiger partial charge in [-0.25, -0.2) is 0 Å². The molecule has 0 N–H and O–H groups in total. The Balaban J connectivity index is 1.90. The lowest BCUT2D eigenvalue weighted by Gasteiger charge is -2.40. The van der Waals surface area contributed by atoms with Gasteiger partial charge in [0.1, 0.15) is 11.5 Å². The Morgan fingerprint density at radius 1 is 0.960 bits per heavy atom. The zero-order chi connectivity index (χ0) is 17.8.